The second-order valence-electron chi connectivity index (χ2n) is 4.33. The molecule has 16 heavy (non-hydrogen) atoms. The van der Waals surface area contributed by atoms with Crippen molar-refractivity contribution in [3.8, 4) is 0 Å². The van der Waals surface area contributed by atoms with Crippen LogP contribution in [0.3, 0.4) is 0 Å². The summed E-state index contributed by atoms with van der Waals surface area (Å²) in [6, 6.07) is -0.422. The minimum atomic E-state index is -3.47. The Bertz CT molecular complexity index is 278. The highest BCUT2D eigenvalue weighted by atomic mass is 32.2. The van der Waals surface area contributed by atoms with Crippen molar-refractivity contribution in [1.82, 2.24) is 9.03 Å². The molecule has 0 aliphatic rings. The van der Waals surface area contributed by atoms with Crippen molar-refractivity contribution in [1.29, 1.82) is 0 Å². The molecule has 0 spiro atoms. The summed E-state index contributed by atoms with van der Waals surface area (Å²) in [5.41, 5.74) is 0. The lowest BCUT2D eigenvalue weighted by atomic mass is 10.1. The fourth-order valence-electron chi connectivity index (χ4n) is 1.17. The van der Waals surface area contributed by atoms with Crippen molar-refractivity contribution < 1.29 is 13.5 Å². The van der Waals surface area contributed by atoms with E-state index < -0.39 is 16.3 Å². The molecule has 0 aromatic carbocycles. The first-order valence-corrected chi connectivity index (χ1v) is 7.13. The molecule has 5 nitrogen and oxygen atoms in total. The third-order valence-corrected chi connectivity index (χ3v) is 4.14. The molecule has 0 saturated heterocycles. The number of aliphatic hydroxyl groups excluding tert-OH is 1. The van der Waals surface area contributed by atoms with E-state index in [-0.39, 0.29) is 12.5 Å². The first-order valence-electron chi connectivity index (χ1n) is 5.69. The van der Waals surface area contributed by atoms with Crippen LogP contribution >= 0.6 is 0 Å². The number of nitrogens with one attached hydrogen (secondary N) is 1. The van der Waals surface area contributed by atoms with Gasteiger partial charge in [0.05, 0.1) is 6.61 Å². The average molecular weight is 252 g/mol. The lowest BCUT2D eigenvalue weighted by Crippen LogP contribution is -2.47. The van der Waals surface area contributed by atoms with Gasteiger partial charge in [0.25, 0.3) is 10.2 Å². The van der Waals surface area contributed by atoms with E-state index in [1.165, 1.54) is 4.31 Å². The first kappa shape index (κ1) is 15.8. The molecule has 2 N–H and O–H groups in total. The Morgan fingerprint density at radius 1 is 1.38 bits per heavy atom. The summed E-state index contributed by atoms with van der Waals surface area (Å²) in [7, 11) is -1.92. The van der Waals surface area contributed by atoms with Crippen LogP contribution in [0.15, 0.2) is 0 Å². The Kier molecular flexibility index (Phi) is 7.14. The lowest BCUT2D eigenvalue weighted by molar-refractivity contribution is 0.225. The topological polar surface area (TPSA) is 69.6 Å². The second-order valence-corrected chi connectivity index (χ2v) is 6.14. The normalized spacial score (nSPS) is 14.7. The third kappa shape index (κ3) is 5.25. The fourth-order valence-corrected chi connectivity index (χ4v) is 2.45. The van der Waals surface area contributed by atoms with Gasteiger partial charge in [-0.15, -0.1) is 0 Å². The summed E-state index contributed by atoms with van der Waals surface area (Å²) in [6.45, 7) is 6.07. The molecule has 0 radical (unpaired) electrons. The van der Waals surface area contributed by atoms with Gasteiger partial charge in [-0.05, 0) is 12.3 Å². The van der Waals surface area contributed by atoms with E-state index in [4.69, 9.17) is 5.11 Å². The van der Waals surface area contributed by atoms with Crippen LogP contribution in [0.25, 0.3) is 0 Å². The molecule has 98 valence electrons. The Balaban J connectivity index is 4.42. The minimum Gasteiger partial charge on any atom is -0.395 e. The lowest BCUT2D eigenvalue weighted by Gasteiger charge is -2.24. The van der Waals surface area contributed by atoms with Crippen LogP contribution in [0.2, 0.25) is 0 Å². The molecule has 0 fully saturated rings. The van der Waals surface area contributed by atoms with Gasteiger partial charge in [-0.3, -0.25) is 0 Å². The van der Waals surface area contributed by atoms with Crippen LogP contribution in [0.4, 0.5) is 0 Å². The van der Waals surface area contributed by atoms with Crippen molar-refractivity contribution in [3.63, 3.8) is 0 Å². The number of unbranched alkanes of at least 4 members (excludes halogenated alkanes) is 1. The summed E-state index contributed by atoms with van der Waals surface area (Å²) in [4.78, 5) is 0. The monoisotopic (exact) mass is 252 g/mol. The fraction of sp³-hybridized carbons (Fsp3) is 1.00. The molecule has 1 unspecified atom stereocenters. The minimum absolute atomic E-state index is 0.0688. The van der Waals surface area contributed by atoms with Crippen LogP contribution in [-0.2, 0) is 10.2 Å². The van der Waals surface area contributed by atoms with Gasteiger partial charge in [0.2, 0.25) is 0 Å². The molecular weight excluding hydrogens is 228 g/mol. The SMILES string of the molecule is CCCCN(C)S(=O)(=O)NC(CO)C(C)C. The van der Waals surface area contributed by atoms with Gasteiger partial charge in [-0.2, -0.15) is 17.4 Å². The largest absolute Gasteiger partial charge is 0.395 e. The maximum absolute atomic E-state index is 11.8. The molecule has 0 aromatic heterocycles. The third-order valence-electron chi connectivity index (χ3n) is 2.54. The van der Waals surface area contributed by atoms with Crippen LogP contribution in [0.5, 0.6) is 0 Å². The Morgan fingerprint density at radius 2 is 1.94 bits per heavy atom. The standard InChI is InChI=1S/C10H24N2O3S/c1-5-6-7-12(4)16(14,15)11-10(8-13)9(2)3/h9-11,13H,5-8H2,1-4H3. The van der Waals surface area contributed by atoms with E-state index in [9.17, 15) is 8.42 Å². The number of rotatable bonds is 8. The molecule has 0 aliphatic heterocycles. The zero-order chi connectivity index (χ0) is 12.8. The van der Waals surface area contributed by atoms with Gasteiger partial charge in [0.1, 0.15) is 0 Å². The van der Waals surface area contributed by atoms with E-state index in [0.717, 1.165) is 12.8 Å². The highest BCUT2D eigenvalue weighted by Gasteiger charge is 2.23. The predicted octanol–water partition coefficient (Wildman–Crippen LogP) is 0.570. The number of hydrogen-bond donors (Lipinski definition) is 2. The van der Waals surface area contributed by atoms with Gasteiger partial charge in [-0.1, -0.05) is 27.2 Å². The molecule has 0 bridgehead atoms. The molecule has 1 atom stereocenters. The predicted molar refractivity (Wildman–Crippen MR) is 65.3 cm³/mol. The van der Waals surface area contributed by atoms with E-state index in [2.05, 4.69) is 4.72 Å². The molecule has 0 aromatic rings. The van der Waals surface area contributed by atoms with Crippen molar-refractivity contribution in [2.45, 2.75) is 39.7 Å². The molecule has 6 heteroatoms. The summed E-state index contributed by atoms with van der Waals surface area (Å²) < 4.78 is 27.4. The number of nitrogens with zero attached hydrogens (tertiary/aromatic N) is 1. The van der Waals surface area contributed by atoms with Crippen LogP contribution < -0.4 is 4.72 Å². The van der Waals surface area contributed by atoms with E-state index in [0.29, 0.717) is 6.54 Å². The van der Waals surface area contributed by atoms with Crippen molar-refractivity contribution in [2.24, 2.45) is 5.92 Å². The summed E-state index contributed by atoms with van der Waals surface area (Å²) in [5.74, 6) is 0.0688. The van der Waals surface area contributed by atoms with Crippen molar-refractivity contribution in [3.05, 3.63) is 0 Å². The molecular formula is C10H24N2O3S. The average Bonchev–Trinajstić information content (AvgIpc) is 2.21. The van der Waals surface area contributed by atoms with Crippen LogP contribution in [0.1, 0.15) is 33.6 Å². The highest BCUT2D eigenvalue weighted by Crippen LogP contribution is 2.05. The first-order chi connectivity index (χ1) is 7.35. The summed E-state index contributed by atoms with van der Waals surface area (Å²) >= 11 is 0. The number of aliphatic hydroxyl groups is 1. The zero-order valence-corrected chi connectivity index (χ0v) is 11.4. The van der Waals surface area contributed by atoms with Crippen LogP contribution in [-0.4, -0.2) is 44.1 Å². The van der Waals surface area contributed by atoms with Crippen molar-refractivity contribution >= 4 is 10.2 Å². The Morgan fingerprint density at radius 3 is 2.31 bits per heavy atom. The van der Waals surface area contributed by atoms with Gasteiger partial charge >= 0.3 is 0 Å². The molecule has 0 amide bonds. The maximum Gasteiger partial charge on any atom is 0.279 e. The summed E-state index contributed by atoms with van der Waals surface area (Å²) in [6.07, 6.45) is 1.79. The number of hydrogen-bond acceptors (Lipinski definition) is 3. The van der Waals surface area contributed by atoms with Crippen molar-refractivity contribution in [2.75, 3.05) is 20.2 Å². The van der Waals surface area contributed by atoms with E-state index >= 15 is 0 Å². The quantitative estimate of drug-likeness (QED) is 0.663. The smallest absolute Gasteiger partial charge is 0.279 e. The summed E-state index contributed by atoms with van der Waals surface area (Å²) in [5, 5.41) is 9.07. The Labute approximate surface area is 99.0 Å². The van der Waals surface area contributed by atoms with Gasteiger partial charge in [-0.25, -0.2) is 0 Å². The van der Waals surface area contributed by atoms with E-state index in [1.54, 1.807) is 7.05 Å². The molecule has 0 rings (SSSR count). The van der Waals surface area contributed by atoms with Crippen LogP contribution in [0, 0.1) is 5.92 Å². The maximum atomic E-state index is 11.8. The Hall–Kier alpha value is -0.170. The molecule has 0 saturated carbocycles. The van der Waals surface area contributed by atoms with Gasteiger partial charge < -0.3 is 5.11 Å². The second kappa shape index (κ2) is 7.21. The molecule has 0 aliphatic carbocycles. The molecule has 0 heterocycles. The van der Waals surface area contributed by atoms with Gasteiger partial charge in [0.15, 0.2) is 0 Å². The highest BCUT2D eigenvalue weighted by molar-refractivity contribution is 7.87. The van der Waals surface area contributed by atoms with E-state index in [1.807, 2.05) is 20.8 Å². The van der Waals surface area contributed by atoms with Gasteiger partial charge in [0, 0.05) is 19.6 Å². The zero-order valence-electron chi connectivity index (χ0n) is 10.6.